The van der Waals surface area contributed by atoms with Gasteiger partial charge in [-0.3, -0.25) is 0 Å². The van der Waals surface area contributed by atoms with E-state index >= 15 is 0 Å². The lowest BCUT2D eigenvalue weighted by Crippen LogP contribution is -2.43. The number of aliphatic hydroxyl groups excluding tert-OH is 6. The van der Waals surface area contributed by atoms with E-state index in [0.717, 1.165) is 32.1 Å². The molecule has 2 saturated carbocycles. The molecule has 2 aliphatic carbocycles. The Hall–Kier alpha value is -0.240. The van der Waals surface area contributed by atoms with Crippen LogP contribution in [0.15, 0.2) is 0 Å². The quantitative estimate of drug-likeness (QED) is 0.384. The van der Waals surface area contributed by atoms with Crippen molar-refractivity contribution in [3.8, 4) is 0 Å². The Bertz CT molecular complexity index is 292. The monoisotopic (exact) mass is 332 g/mol. The zero-order chi connectivity index (χ0) is 17.0. The zero-order valence-corrected chi connectivity index (χ0v) is 13.7. The lowest BCUT2D eigenvalue weighted by molar-refractivity contribution is -0.0638. The minimum Gasteiger partial charge on any atom is -0.396 e. The molecule has 0 spiro atoms. The topological polar surface area (TPSA) is 121 Å². The summed E-state index contributed by atoms with van der Waals surface area (Å²) in [6, 6.07) is 0. The van der Waals surface area contributed by atoms with E-state index in [4.69, 9.17) is 0 Å². The van der Waals surface area contributed by atoms with Crippen LogP contribution < -0.4 is 0 Å². The fourth-order valence-electron chi connectivity index (χ4n) is 4.82. The van der Waals surface area contributed by atoms with Crippen LogP contribution in [0.1, 0.15) is 32.1 Å². The Balaban J connectivity index is 1.97. The third-order valence-electron chi connectivity index (χ3n) is 6.08. The van der Waals surface area contributed by atoms with E-state index in [-0.39, 0.29) is 50.1 Å². The van der Waals surface area contributed by atoms with E-state index in [1.54, 1.807) is 0 Å². The maximum Gasteiger partial charge on any atom is 0.0640 e. The Morgan fingerprint density at radius 2 is 0.783 bits per heavy atom. The third kappa shape index (κ3) is 4.44. The Labute approximate surface area is 137 Å². The van der Waals surface area contributed by atoms with Crippen LogP contribution in [0.3, 0.4) is 0 Å². The molecule has 4 atom stereocenters. The van der Waals surface area contributed by atoms with E-state index in [1.165, 1.54) is 0 Å². The average molecular weight is 332 g/mol. The molecule has 0 bridgehead atoms. The lowest BCUT2D eigenvalue weighted by atomic mass is 9.66. The van der Waals surface area contributed by atoms with Crippen molar-refractivity contribution in [2.24, 2.45) is 35.5 Å². The van der Waals surface area contributed by atoms with Crippen molar-refractivity contribution in [3.63, 3.8) is 0 Å². The first-order valence-electron chi connectivity index (χ1n) is 8.83. The third-order valence-corrected chi connectivity index (χ3v) is 6.08. The number of hydrogen-bond acceptors (Lipinski definition) is 6. The van der Waals surface area contributed by atoms with Gasteiger partial charge in [-0.05, 0) is 43.9 Å². The average Bonchev–Trinajstić information content (AvgIpc) is 2.57. The second-order valence-electron chi connectivity index (χ2n) is 7.66. The molecule has 2 fully saturated rings. The molecule has 136 valence electrons. The fraction of sp³-hybridized carbons (Fsp3) is 1.00. The van der Waals surface area contributed by atoms with E-state index in [9.17, 15) is 30.6 Å². The predicted octanol–water partition coefficient (Wildman–Crippen LogP) is -0.648. The molecule has 0 aromatic heterocycles. The van der Waals surface area contributed by atoms with Gasteiger partial charge in [0.1, 0.15) is 0 Å². The van der Waals surface area contributed by atoms with E-state index in [0.29, 0.717) is 11.8 Å². The summed E-state index contributed by atoms with van der Waals surface area (Å²) in [6.45, 7) is -0.293. The molecule has 2 aliphatic rings. The largest absolute Gasteiger partial charge is 0.396 e. The Morgan fingerprint density at radius 1 is 0.522 bits per heavy atom. The summed E-state index contributed by atoms with van der Waals surface area (Å²) in [6.07, 6.45) is 2.54. The van der Waals surface area contributed by atoms with Crippen molar-refractivity contribution < 1.29 is 30.6 Å². The standard InChI is InChI=1S/C17H32O6/c18-6-12-2-10(3-13(7-19)16(12)22)1-11-4-14(8-20)17(23)15(5-11)9-21/h10-23H,1-9H2. The van der Waals surface area contributed by atoms with Gasteiger partial charge in [0, 0.05) is 50.1 Å². The molecule has 0 amide bonds. The highest BCUT2D eigenvalue weighted by Gasteiger charge is 2.40. The van der Waals surface area contributed by atoms with Crippen LogP contribution >= 0.6 is 0 Å². The van der Waals surface area contributed by atoms with Gasteiger partial charge in [0.2, 0.25) is 0 Å². The van der Waals surface area contributed by atoms with Gasteiger partial charge in [-0.25, -0.2) is 0 Å². The highest BCUT2D eigenvalue weighted by molar-refractivity contribution is 4.90. The zero-order valence-electron chi connectivity index (χ0n) is 13.7. The van der Waals surface area contributed by atoms with Crippen LogP contribution in [0, 0.1) is 35.5 Å². The summed E-state index contributed by atoms with van der Waals surface area (Å²) in [4.78, 5) is 0. The molecular weight excluding hydrogens is 300 g/mol. The van der Waals surface area contributed by atoms with Gasteiger partial charge in [-0.15, -0.1) is 0 Å². The summed E-state index contributed by atoms with van der Waals surface area (Å²) in [5.74, 6) is -0.146. The maximum absolute atomic E-state index is 10.1. The Morgan fingerprint density at radius 3 is 1.00 bits per heavy atom. The minimum atomic E-state index is -0.648. The molecule has 0 heterocycles. The number of rotatable bonds is 6. The first-order valence-corrected chi connectivity index (χ1v) is 8.83. The van der Waals surface area contributed by atoms with Crippen LogP contribution in [0.25, 0.3) is 0 Å². The normalized spacial score (nSPS) is 45.1. The molecule has 0 saturated heterocycles. The number of hydrogen-bond donors (Lipinski definition) is 6. The molecule has 23 heavy (non-hydrogen) atoms. The molecule has 4 unspecified atom stereocenters. The van der Waals surface area contributed by atoms with Gasteiger partial charge in [-0.1, -0.05) is 0 Å². The minimum absolute atomic E-state index is 0.0733. The summed E-state index contributed by atoms with van der Waals surface area (Å²) < 4.78 is 0. The van der Waals surface area contributed by atoms with Crippen molar-refractivity contribution in [1.29, 1.82) is 0 Å². The van der Waals surface area contributed by atoms with E-state index < -0.39 is 12.2 Å². The molecule has 6 N–H and O–H groups in total. The van der Waals surface area contributed by atoms with Crippen molar-refractivity contribution in [2.45, 2.75) is 44.3 Å². The van der Waals surface area contributed by atoms with Crippen molar-refractivity contribution in [3.05, 3.63) is 0 Å². The van der Waals surface area contributed by atoms with E-state index in [2.05, 4.69) is 0 Å². The molecule has 6 heteroatoms. The SMILES string of the molecule is OCC1CC(CC2CC(CO)C(O)C(CO)C2)CC(CO)C1O. The summed E-state index contributed by atoms with van der Waals surface area (Å²) in [5, 5.41) is 58.1. The predicted molar refractivity (Wildman–Crippen MR) is 84.4 cm³/mol. The van der Waals surface area contributed by atoms with Crippen molar-refractivity contribution >= 4 is 0 Å². The first kappa shape index (κ1) is 19.1. The van der Waals surface area contributed by atoms with Crippen LogP contribution in [0.5, 0.6) is 0 Å². The molecule has 0 aliphatic heterocycles. The van der Waals surface area contributed by atoms with E-state index in [1.807, 2.05) is 0 Å². The summed E-state index contributed by atoms with van der Waals surface area (Å²) in [7, 11) is 0. The molecule has 6 nitrogen and oxygen atoms in total. The maximum atomic E-state index is 10.1. The van der Waals surface area contributed by atoms with Crippen LogP contribution in [-0.4, -0.2) is 69.3 Å². The summed E-state index contributed by atoms with van der Waals surface area (Å²) in [5.41, 5.74) is 0. The highest BCUT2D eigenvalue weighted by atomic mass is 16.3. The van der Waals surface area contributed by atoms with Gasteiger partial charge in [0.05, 0.1) is 12.2 Å². The van der Waals surface area contributed by atoms with Crippen LogP contribution in [0.2, 0.25) is 0 Å². The molecule has 2 rings (SSSR count). The second-order valence-corrected chi connectivity index (χ2v) is 7.66. The van der Waals surface area contributed by atoms with Gasteiger partial charge in [-0.2, -0.15) is 0 Å². The van der Waals surface area contributed by atoms with Crippen LogP contribution in [0.4, 0.5) is 0 Å². The molecule has 0 radical (unpaired) electrons. The summed E-state index contributed by atoms with van der Waals surface area (Å²) >= 11 is 0. The fourth-order valence-corrected chi connectivity index (χ4v) is 4.82. The van der Waals surface area contributed by atoms with Gasteiger partial charge >= 0.3 is 0 Å². The van der Waals surface area contributed by atoms with Gasteiger partial charge in [0.25, 0.3) is 0 Å². The lowest BCUT2D eigenvalue weighted by Gasteiger charge is -2.42. The van der Waals surface area contributed by atoms with Gasteiger partial charge < -0.3 is 30.6 Å². The number of aliphatic hydroxyl groups is 6. The first-order chi connectivity index (χ1) is 11.0. The Kier molecular flexibility index (Phi) is 7.25. The molecular formula is C17H32O6. The van der Waals surface area contributed by atoms with Crippen molar-refractivity contribution in [1.82, 2.24) is 0 Å². The van der Waals surface area contributed by atoms with Crippen LogP contribution in [-0.2, 0) is 0 Å². The highest BCUT2D eigenvalue weighted by Crippen LogP contribution is 2.42. The molecule has 0 aromatic carbocycles. The van der Waals surface area contributed by atoms with Gasteiger partial charge in [0.15, 0.2) is 0 Å². The van der Waals surface area contributed by atoms with Crippen molar-refractivity contribution in [2.75, 3.05) is 26.4 Å². The second kappa shape index (κ2) is 8.74. The molecule has 0 aromatic rings. The smallest absolute Gasteiger partial charge is 0.0640 e.